The fourth-order valence-corrected chi connectivity index (χ4v) is 1.93. The molecule has 1 saturated heterocycles. The number of esters is 1. The highest BCUT2D eigenvalue weighted by Gasteiger charge is 2.28. The van der Waals surface area contributed by atoms with Crippen LogP contribution in [0.2, 0.25) is 0 Å². The van der Waals surface area contributed by atoms with Crippen LogP contribution in [-0.2, 0) is 9.53 Å². The van der Waals surface area contributed by atoms with Crippen LogP contribution < -0.4 is 0 Å². The van der Waals surface area contributed by atoms with E-state index >= 15 is 0 Å². The number of hydrogen-bond donors (Lipinski definition) is 1. The van der Waals surface area contributed by atoms with Gasteiger partial charge in [-0.15, -0.1) is 0 Å². The van der Waals surface area contributed by atoms with E-state index in [4.69, 9.17) is 4.74 Å². The van der Waals surface area contributed by atoms with E-state index in [1.807, 2.05) is 30.3 Å². The van der Waals surface area contributed by atoms with E-state index in [-0.39, 0.29) is 5.97 Å². The summed E-state index contributed by atoms with van der Waals surface area (Å²) in [6, 6.07) is 9.41. The number of ether oxygens (including phenoxy) is 1. The molecule has 1 N–H and O–H groups in total. The third-order valence-corrected chi connectivity index (χ3v) is 2.98. The van der Waals surface area contributed by atoms with Gasteiger partial charge in [0.05, 0.1) is 12.5 Å². The minimum atomic E-state index is -0.948. The predicted octanol–water partition coefficient (Wildman–Crippen LogP) is 1.74. The van der Waals surface area contributed by atoms with Crippen molar-refractivity contribution < 1.29 is 14.6 Å². The second kappa shape index (κ2) is 6.23. The molecule has 0 aliphatic carbocycles. The van der Waals surface area contributed by atoms with Gasteiger partial charge in [0.1, 0.15) is 6.10 Å². The van der Waals surface area contributed by atoms with Gasteiger partial charge in [-0.3, -0.25) is 4.79 Å². The predicted molar refractivity (Wildman–Crippen MR) is 67.6 cm³/mol. The Morgan fingerprint density at radius 1 is 1.28 bits per heavy atom. The first-order chi connectivity index (χ1) is 8.77. The molecule has 18 heavy (non-hydrogen) atoms. The minimum Gasteiger partial charge on any atom is -0.465 e. The van der Waals surface area contributed by atoms with E-state index < -0.39 is 12.0 Å². The molecule has 3 heteroatoms. The molecule has 0 bridgehead atoms. The third-order valence-electron chi connectivity index (χ3n) is 2.98. The molecular formula is C15H16O3. The van der Waals surface area contributed by atoms with Gasteiger partial charge in [-0.1, -0.05) is 30.0 Å². The molecule has 1 heterocycles. The van der Waals surface area contributed by atoms with Crippen molar-refractivity contribution in [3.05, 3.63) is 35.9 Å². The number of aliphatic hydroxyl groups is 1. The summed E-state index contributed by atoms with van der Waals surface area (Å²) in [5.74, 6) is 4.76. The molecule has 0 radical (unpaired) electrons. The topological polar surface area (TPSA) is 46.5 Å². The zero-order chi connectivity index (χ0) is 12.8. The highest BCUT2D eigenvalue weighted by molar-refractivity contribution is 5.74. The highest BCUT2D eigenvalue weighted by Crippen LogP contribution is 2.18. The Kier molecular flexibility index (Phi) is 4.38. The molecule has 1 fully saturated rings. The maximum absolute atomic E-state index is 11.6. The van der Waals surface area contributed by atoms with E-state index in [0.717, 1.165) is 18.4 Å². The summed E-state index contributed by atoms with van der Waals surface area (Å²) in [5, 5.41) is 9.96. The molecule has 0 saturated carbocycles. The van der Waals surface area contributed by atoms with E-state index in [9.17, 15) is 9.90 Å². The van der Waals surface area contributed by atoms with Crippen molar-refractivity contribution in [3.63, 3.8) is 0 Å². The van der Waals surface area contributed by atoms with Gasteiger partial charge in [0, 0.05) is 5.56 Å². The van der Waals surface area contributed by atoms with Gasteiger partial charge in [-0.25, -0.2) is 0 Å². The van der Waals surface area contributed by atoms with Crippen molar-refractivity contribution in [2.45, 2.75) is 25.4 Å². The SMILES string of the molecule is O=C1OCCCC[C@@H]1[C@H](O)C#Cc1ccccc1. The lowest BCUT2D eigenvalue weighted by molar-refractivity contribution is -0.149. The van der Waals surface area contributed by atoms with Gasteiger partial charge in [0.25, 0.3) is 0 Å². The number of cyclic esters (lactones) is 1. The maximum Gasteiger partial charge on any atom is 0.312 e. The van der Waals surface area contributed by atoms with Crippen LogP contribution in [-0.4, -0.2) is 23.8 Å². The van der Waals surface area contributed by atoms with Gasteiger partial charge in [-0.2, -0.15) is 0 Å². The molecule has 0 unspecified atom stereocenters. The molecule has 1 aromatic carbocycles. The summed E-state index contributed by atoms with van der Waals surface area (Å²) in [4.78, 5) is 11.6. The van der Waals surface area contributed by atoms with Crippen molar-refractivity contribution in [2.75, 3.05) is 6.61 Å². The molecule has 1 aliphatic heterocycles. The number of hydrogen-bond acceptors (Lipinski definition) is 3. The molecular weight excluding hydrogens is 228 g/mol. The minimum absolute atomic E-state index is 0.331. The van der Waals surface area contributed by atoms with Crippen molar-refractivity contribution >= 4 is 5.97 Å². The van der Waals surface area contributed by atoms with Crippen LogP contribution in [0.25, 0.3) is 0 Å². The second-order valence-corrected chi connectivity index (χ2v) is 4.35. The molecule has 0 spiro atoms. The lowest BCUT2D eigenvalue weighted by atomic mass is 9.97. The van der Waals surface area contributed by atoms with E-state index in [1.165, 1.54) is 0 Å². The first-order valence-electron chi connectivity index (χ1n) is 6.18. The number of carbonyl (C=O) groups is 1. The second-order valence-electron chi connectivity index (χ2n) is 4.35. The number of rotatable bonds is 1. The first kappa shape index (κ1) is 12.7. The third kappa shape index (κ3) is 3.35. The summed E-state index contributed by atoms with van der Waals surface area (Å²) in [7, 11) is 0. The van der Waals surface area contributed by atoms with Crippen LogP contribution in [0.1, 0.15) is 24.8 Å². The largest absolute Gasteiger partial charge is 0.465 e. The quantitative estimate of drug-likeness (QED) is 0.604. The lowest BCUT2D eigenvalue weighted by Crippen LogP contribution is -2.27. The van der Waals surface area contributed by atoms with Crippen molar-refractivity contribution in [1.82, 2.24) is 0 Å². The van der Waals surface area contributed by atoms with Gasteiger partial charge in [0.2, 0.25) is 0 Å². The fourth-order valence-electron chi connectivity index (χ4n) is 1.93. The number of benzene rings is 1. The number of carbonyl (C=O) groups excluding carboxylic acids is 1. The first-order valence-corrected chi connectivity index (χ1v) is 6.18. The van der Waals surface area contributed by atoms with E-state index in [1.54, 1.807) is 0 Å². The Morgan fingerprint density at radius 2 is 2.06 bits per heavy atom. The lowest BCUT2D eigenvalue weighted by Gasteiger charge is -2.13. The standard InChI is InChI=1S/C15H16O3/c16-14(10-9-12-6-2-1-3-7-12)13-8-4-5-11-18-15(13)17/h1-3,6-7,13-14,16H,4-5,8,11H2/t13-,14-/m1/s1. The monoisotopic (exact) mass is 244 g/mol. The summed E-state index contributed by atoms with van der Waals surface area (Å²) in [5.41, 5.74) is 0.832. The molecule has 3 nitrogen and oxygen atoms in total. The van der Waals surface area contributed by atoms with Crippen LogP contribution in [0.5, 0.6) is 0 Å². The molecule has 0 aromatic heterocycles. The van der Waals surface area contributed by atoms with Crippen LogP contribution in [0.4, 0.5) is 0 Å². The van der Waals surface area contributed by atoms with E-state index in [2.05, 4.69) is 11.8 Å². The van der Waals surface area contributed by atoms with Crippen molar-refractivity contribution in [1.29, 1.82) is 0 Å². The zero-order valence-electron chi connectivity index (χ0n) is 10.1. The summed E-state index contributed by atoms with van der Waals surface area (Å²) in [6.45, 7) is 0.453. The molecule has 2 rings (SSSR count). The molecule has 0 amide bonds. The molecule has 94 valence electrons. The Bertz CT molecular complexity index is 456. The van der Waals surface area contributed by atoms with Crippen LogP contribution in [0, 0.1) is 17.8 Å². The summed E-state index contributed by atoms with van der Waals surface area (Å²) < 4.78 is 5.02. The Morgan fingerprint density at radius 3 is 2.83 bits per heavy atom. The summed E-state index contributed by atoms with van der Waals surface area (Å²) in [6.07, 6.45) is 1.45. The molecule has 2 atom stereocenters. The molecule has 1 aromatic rings. The average Bonchev–Trinajstić information content (AvgIpc) is 2.62. The van der Waals surface area contributed by atoms with Crippen molar-refractivity contribution in [3.8, 4) is 11.8 Å². The smallest absolute Gasteiger partial charge is 0.312 e. The van der Waals surface area contributed by atoms with Gasteiger partial charge in [0.15, 0.2) is 0 Å². The highest BCUT2D eigenvalue weighted by atomic mass is 16.5. The number of aliphatic hydroxyl groups excluding tert-OH is 1. The molecule has 1 aliphatic rings. The van der Waals surface area contributed by atoms with E-state index in [0.29, 0.717) is 13.0 Å². The van der Waals surface area contributed by atoms with Crippen LogP contribution in [0.15, 0.2) is 30.3 Å². The fraction of sp³-hybridized carbons (Fsp3) is 0.400. The maximum atomic E-state index is 11.6. The van der Waals surface area contributed by atoms with Gasteiger partial charge < -0.3 is 9.84 Å². The normalized spacial score (nSPS) is 21.2. The van der Waals surface area contributed by atoms with Crippen LogP contribution in [0.3, 0.4) is 0 Å². The van der Waals surface area contributed by atoms with Crippen molar-refractivity contribution in [2.24, 2.45) is 5.92 Å². The van der Waals surface area contributed by atoms with Gasteiger partial charge in [-0.05, 0) is 31.4 Å². The zero-order valence-corrected chi connectivity index (χ0v) is 10.1. The van der Waals surface area contributed by atoms with Gasteiger partial charge >= 0.3 is 5.97 Å². The summed E-state index contributed by atoms with van der Waals surface area (Å²) >= 11 is 0. The Labute approximate surface area is 107 Å². The Balaban J connectivity index is 2.05. The van der Waals surface area contributed by atoms with Crippen LogP contribution >= 0.6 is 0 Å². The Hall–Kier alpha value is -1.79. The average molecular weight is 244 g/mol.